The van der Waals surface area contributed by atoms with Crippen LogP contribution in [0.15, 0.2) is 47.4 Å². The smallest absolute Gasteiger partial charge is 0.268 e. The summed E-state index contributed by atoms with van der Waals surface area (Å²) < 4.78 is 27.9. The molecule has 0 unspecified atom stereocenters. The van der Waals surface area contributed by atoms with Gasteiger partial charge < -0.3 is 0 Å². The van der Waals surface area contributed by atoms with Crippen LogP contribution in [0.5, 0.6) is 0 Å². The summed E-state index contributed by atoms with van der Waals surface area (Å²) in [7, 11) is 0. The highest BCUT2D eigenvalue weighted by Crippen LogP contribution is 2.37. The topological polar surface area (TPSA) is 20.3 Å². The van der Waals surface area contributed by atoms with Gasteiger partial charge in [-0.3, -0.25) is 9.69 Å². The molecule has 1 fully saturated rings. The third-order valence-electron chi connectivity index (χ3n) is 3.16. The van der Waals surface area contributed by atoms with E-state index in [-0.39, 0.29) is 25.5 Å². The van der Waals surface area contributed by atoms with Gasteiger partial charge in [-0.2, -0.15) is 0 Å². The summed E-state index contributed by atoms with van der Waals surface area (Å²) >= 11 is 12.1. The third kappa shape index (κ3) is 3.02. The highest BCUT2D eigenvalue weighted by Gasteiger charge is 2.35. The quantitative estimate of drug-likeness (QED) is 0.549. The van der Waals surface area contributed by atoms with Gasteiger partial charge in [0.2, 0.25) is 0 Å². The molecule has 0 radical (unpaired) electrons. The molecule has 0 aliphatic carbocycles. The zero-order chi connectivity index (χ0) is 16.6. The van der Waals surface area contributed by atoms with Crippen molar-refractivity contribution in [3.05, 3.63) is 69.6 Å². The van der Waals surface area contributed by atoms with Crippen molar-refractivity contribution in [1.82, 2.24) is 0 Å². The number of hydrogen-bond acceptors (Lipinski definition) is 3. The molecule has 1 saturated heterocycles. The van der Waals surface area contributed by atoms with Gasteiger partial charge in [-0.1, -0.05) is 53.8 Å². The van der Waals surface area contributed by atoms with E-state index in [0.717, 1.165) is 16.7 Å². The van der Waals surface area contributed by atoms with Gasteiger partial charge in [-0.15, -0.1) is 0 Å². The number of thiocarbonyl (C=S) groups is 1. The lowest BCUT2D eigenvalue weighted by Crippen LogP contribution is -2.28. The van der Waals surface area contributed by atoms with E-state index in [1.807, 2.05) is 0 Å². The normalized spacial score (nSPS) is 16.5. The molecule has 1 amide bonds. The Balaban J connectivity index is 2.02. The monoisotopic (exact) mass is 367 g/mol. The van der Waals surface area contributed by atoms with Crippen LogP contribution in [-0.4, -0.2) is 10.2 Å². The number of nitrogens with zero attached hydrogens (tertiary/aromatic N) is 1. The molecule has 0 N–H and O–H groups in total. The average Bonchev–Trinajstić information content (AvgIpc) is 2.78. The molecule has 2 aromatic carbocycles. The second-order valence-corrected chi connectivity index (χ2v) is 6.69. The molecule has 0 aromatic heterocycles. The molecule has 0 bridgehead atoms. The van der Waals surface area contributed by atoms with Crippen molar-refractivity contribution in [1.29, 1.82) is 0 Å². The van der Waals surface area contributed by atoms with Crippen LogP contribution in [0.4, 0.5) is 14.5 Å². The van der Waals surface area contributed by atoms with E-state index >= 15 is 0 Å². The largest absolute Gasteiger partial charge is 0.270 e. The molecule has 0 saturated carbocycles. The van der Waals surface area contributed by atoms with Crippen LogP contribution in [0, 0.1) is 11.6 Å². The minimum absolute atomic E-state index is 0.0676. The van der Waals surface area contributed by atoms with Crippen LogP contribution in [-0.2, 0) is 4.79 Å². The molecular formula is C16H8ClF2NOS2. The van der Waals surface area contributed by atoms with E-state index in [9.17, 15) is 13.6 Å². The van der Waals surface area contributed by atoms with Gasteiger partial charge in [0.1, 0.15) is 11.6 Å². The van der Waals surface area contributed by atoms with Crippen molar-refractivity contribution in [3.8, 4) is 0 Å². The maximum Gasteiger partial charge on any atom is 0.270 e. The Labute approximate surface area is 145 Å². The van der Waals surface area contributed by atoms with Gasteiger partial charge in [0.05, 0.1) is 15.6 Å². The van der Waals surface area contributed by atoms with Gasteiger partial charge in [0.25, 0.3) is 5.91 Å². The zero-order valence-electron chi connectivity index (χ0n) is 11.4. The van der Waals surface area contributed by atoms with E-state index in [1.54, 1.807) is 6.07 Å². The summed E-state index contributed by atoms with van der Waals surface area (Å²) in [6.45, 7) is 0. The van der Waals surface area contributed by atoms with E-state index < -0.39 is 17.5 Å². The van der Waals surface area contributed by atoms with Crippen LogP contribution in [0.1, 0.15) is 5.56 Å². The molecular weight excluding hydrogens is 360 g/mol. The van der Waals surface area contributed by atoms with Crippen LogP contribution in [0.25, 0.3) is 6.08 Å². The first kappa shape index (κ1) is 16.1. The molecule has 0 atom stereocenters. The molecule has 1 aliphatic rings. The number of benzene rings is 2. The van der Waals surface area contributed by atoms with Crippen LogP contribution < -0.4 is 4.90 Å². The average molecular weight is 368 g/mol. The van der Waals surface area contributed by atoms with Gasteiger partial charge in [-0.05, 0) is 30.3 Å². The van der Waals surface area contributed by atoms with Crippen molar-refractivity contribution in [2.75, 3.05) is 4.90 Å². The fourth-order valence-electron chi connectivity index (χ4n) is 2.09. The first-order valence-electron chi connectivity index (χ1n) is 6.45. The van der Waals surface area contributed by atoms with E-state index in [0.29, 0.717) is 0 Å². The number of carbonyl (C=O) groups is 1. The van der Waals surface area contributed by atoms with E-state index in [1.165, 1.54) is 42.5 Å². The van der Waals surface area contributed by atoms with Crippen LogP contribution in [0.3, 0.4) is 0 Å². The van der Waals surface area contributed by atoms with E-state index in [4.69, 9.17) is 23.8 Å². The lowest BCUT2D eigenvalue weighted by atomic mass is 10.2. The maximum atomic E-state index is 13.9. The van der Waals surface area contributed by atoms with E-state index in [2.05, 4.69) is 0 Å². The first-order valence-corrected chi connectivity index (χ1v) is 8.06. The second kappa shape index (κ2) is 6.39. The predicted octanol–water partition coefficient (Wildman–Crippen LogP) is 5.02. The van der Waals surface area contributed by atoms with Crippen molar-refractivity contribution in [3.63, 3.8) is 0 Å². The molecule has 2 aromatic rings. The molecule has 2 nitrogen and oxygen atoms in total. The Hall–Kier alpha value is -1.76. The van der Waals surface area contributed by atoms with Crippen LogP contribution in [0.2, 0.25) is 5.02 Å². The highest BCUT2D eigenvalue weighted by molar-refractivity contribution is 8.27. The summed E-state index contributed by atoms with van der Waals surface area (Å²) in [5.74, 6) is -1.62. The Kier molecular flexibility index (Phi) is 4.48. The predicted molar refractivity (Wildman–Crippen MR) is 93.5 cm³/mol. The van der Waals surface area contributed by atoms with Gasteiger partial charge >= 0.3 is 0 Å². The Morgan fingerprint density at radius 2 is 1.78 bits per heavy atom. The van der Waals surface area contributed by atoms with Gasteiger partial charge in [0.15, 0.2) is 4.32 Å². The molecule has 7 heteroatoms. The fraction of sp³-hybridized carbons (Fsp3) is 0. The molecule has 116 valence electrons. The molecule has 3 rings (SSSR count). The summed E-state index contributed by atoms with van der Waals surface area (Å²) in [6, 6.07) is 10.1. The lowest BCUT2D eigenvalue weighted by molar-refractivity contribution is -0.113. The summed E-state index contributed by atoms with van der Waals surface area (Å²) in [5, 5.41) is 0.182. The second-order valence-electron chi connectivity index (χ2n) is 4.60. The summed E-state index contributed by atoms with van der Waals surface area (Å²) in [4.78, 5) is 13.8. The molecule has 1 heterocycles. The number of anilines is 1. The van der Waals surface area contributed by atoms with Gasteiger partial charge in [-0.25, -0.2) is 8.78 Å². The Morgan fingerprint density at radius 1 is 1.09 bits per heavy atom. The Morgan fingerprint density at radius 3 is 2.48 bits per heavy atom. The number of amides is 1. The lowest BCUT2D eigenvalue weighted by Gasteiger charge is -2.14. The summed E-state index contributed by atoms with van der Waals surface area (Å²) in [5.41, 5.74) is 0.168. The number of thioether (sulfide) groups is 1. The number of para-hydroxylation sites is 1. The van der Waals surface area contributed by atoms with Crippen molar-refractivity contribution in [2.45, 2.75) is 0 Å². The fourth-order valence-corrected chi connectivity index (χ4v) is 3.57. The molecule has 0 spiro atoms. The minimum Gasteiger partial charge on any atom is -0.268 e. The molecule has 23 heavy (non-hydrogen) atoms. The number of halogens is 3. The van der Waals surface area contributed by atoms with Crippen molar-refractivity contribution in [2.24, 2.45) is 0 Å². The minimum atomic E-state index is -0.561. The van der Waals surface area contributed by atoms with Crippen LogP contribution >= 0.6 is 35.6 Å². The van der Waals surface area contributed by atoms with Gasteiger partial charge in [0, 0.05) is 5.56 Å². The molecule has 1 aliphatic heterocycles. The zero-order valence-corrected chi connectivity index (χ0v) is 13.8. The Bertz CT molecular complexity index is 833. The van der Waals surface area contributed by atoms with Crippen molar-refractivity contribution < 1.29 is 13.6 Å². The highest BCUT2D eigenvalue weighted by atomic mass is 35.5. The number of rotatable bonds is 2. The standard InChI is InChI=1S/C16H8ClF2NOS2/c17-10-4-3-6-11(18)9(10)8-14-15(21)20(16(22)23-14)13-7-2-1-5-12(13)19/h1-8H. The number of hydrogen-bond donors (Lipinski definition) is 0. The SMILES string of the molecule is O=C1C(=Cc2c(F)cccc2Cl)SC(=S)N1c1ccccc1F. The summed E-state index contributed by atoms with van der Waals surface area (Å²) in [6.07, 6.45) is 1.33. The maximum absolute atomic E-state index is 13.9. The first-order chi connectivity index (χ1) is 11.0. The van der Waals surface area contributed by atoms with Crippen molar-refractivity contribution >= 4 is 57.6 Å². The third-order valence-corrected chi connectivity index (χ3v) is 4.79. The number of carbonyl (C=O) groups excluding carboxylic acids is 1.